The molecule has 1 amide bonds. The number of esters is 1. The first kappa shape index (κ1) is 13.6. The summed E-state index contributed by atoms with van der Waals surface area (Å²) in [6.45, 7) is 0.600. The lowest BCUT2D eigenvalue weighted by Crippen LogP contribution is -2.35. The zero-order valence-corrected chi connectivity index (χ0v) is 12.6. The van der Waals surface area contributed by atoms with Gasteiger partial charge in [0.05, 0.1) is 5.92 Å². The average Bonchev–Trinajstić information content (AvgIpc) is 3.22. The van der Waals surface area contributed by atoms with Gasteiger partial charge in [0.1, 0.15) is 6.10 Å². The number of rotatable bonds is 3. The van der Waals surface area contributed by atoms with Gasteiger partial charge in [-0.15, -0.1) is 0 Å². The van der Waals surface area contributed by atoms with Crippen LogP contribution in [0.1, 0.15) is 57.8 Å². The summed E-state index contributed by atoms with van der Waals surface area (Å²) < 4.78 is 5.77. The largest absolute Gasteiger partial charge is 0.462 e. The fourth-order valence-corrected chi connectivity index (χ4v) is 5.03. The molecule has 4 rings (SSSR count). The third kappa shape index (κ3) is 2.47. The molecule has 4 aliphatic rings. The Morgan fingerprint density at radius 1 is 1.10 bits per heavy atom. The molecule has 4 nitrogen and oxygen atoms in total. The van der Waals surface area contributed by atoms with E-state index in [1.807, 2.05) is 4.90 Å². The lowest BCUT2D eigenvalue weighted by molar-refractivity contribution is -0.156. The second-order valence-electron chi connectivity index (χ2n) is 7.54. The van der Waals surface area contributed by atoms with Crippen LogP contribution in [0, 0.1) is 17.8 Å². The normalized spacial score (nSPS) is 39.4. The highest BCUT2D eigenvalue weighted by Crippen LogP contribution is 2.46. The predicted octanol–water partition coefficient (Wildman–Crippen LogP) is 2.51. The summed E-state index contributed by atoms with van der Waals surface area (Å²) in [5, 5.41) is 0. The second-order valence-corrected chi connectivity index (χ2v) is 7.54. The van der Waals surface area contributed by atoms with Gasteiger partial charge in [0, 0.05) is 19.0 Å². The van der Waals surface area contributed by atoms with Crippen molar-refractivity contribution in [2.75, 3.05) is 6.54 Å². The monoisotopic (exact) mass is 291 g/mol. The van der Waals surface area contributed by atoms with E-state index in [0.29, 0.717) is 24.9 Å². The number of likely N-dealkylation sites (tertiary alicyclic amines) is 1. The number of hydrogen-bond acceptors (Lipinski definition) is 3. The van der Waals surface area contributed by atoms with Gasteiger partial charge in [-0.25, -0.2) is 0 Å². The molecular formula is C17H25NO3. The van der Waals surface area contributed by atoms with Crippen LogP contribution in [0.25, 0.3) is 0 Å². The van der Waals surface area contributed by atoms with Crippen LogP contribution in [-0.4, -0.2) is 35.5 Å². The summed E-state index contributed by atoms with van der Waals surface area (Å²) in [5.41, 5.74) is 0. The summed E-state index contributed by atoms with van der Waals surface area (Å²) in [5.74, 6) is 1.23. The summed E-state index contributed by atoms with van der Waals surface area (Å²) in [7, 11) is 0. The maximum absolute atomic E-state index is 12.4. The average molecular weight is 291 g/mol. The van der Waals surface area contributed by atoms with Gasteiger partial charge in [0.2, 0.25) is 5.91 Å². The molecule has 0 aromatic carbocycles. The highest BCUT2D eigenvalue weighted by atomic mass is 16.5. The predicted molar refractivity (Wildman–Crippen MR) is 77.4 cm³/mol. The van der Waals surface area contributed by atoms with Gasteiger partial charge in [-0.3, -0.25) is 9.59 Å². The Labute approximate surface area is 126 Å². The maximum Gasteiger partial charge on any atom is 0.311 e. The number of nitrogens with zero attached hydrogens (tertiary/aromatic N) is 1. The zero-order chi connectivity index (χ0) is 14.4. The van der Waals surface area contributed by atoms with Gasteiger partial charge in [0.25, 0.3) is 0 Å². The standard InChI is InChI=1S/C17H25NO3/c19-16-9-13(10-18(16)14-3-1-2-4-14)17(20)21-15-8-11-5-6-12(15)7-11/h11-15H,1-10H2/t11-,12-,13-,15+/m0/s1. The van der Waals surface area contributed by atoms with Crippen molar-refractivity contribution in [3.63, 3.8) is 0 Å². The second kappa shape index (κ2) is 5.29. The maximum atomic E-state index is 12.4. The summed E-state index contributed by atoms with van der Waals surface area (Å²) in [6.07, 6.45) is 10.0. The highest BCUT2D eigenvalue weighted by Gasteiger charge is 2.44. The van der Waals surface area contributed by atoms with Crippen molar-refractivity contribution < 1.29 is 14.3 Å². The van der Waals surface area contributed by atoms with Crippen LogP contribution in [0.3, 0.4) is 0 Å². The van der Waals surface area contributed by atoms with Crippen molar-refractivity contribution >= 4 is 11.9 Å². The minimum atomic E-state index is -0.211. The third-order valence-corrected chi connectivity index (χ3v) is 6.20. The van der Waals surface area contributed by atoms with Gasteiger partial charge >= 0.3 is 5.97 Å². The molecule has 4 heteroatoms. The van der Waals surface area contributed by atoms with Crippen LogP contribution in [0.4, 0.5) is 0 Å². The van der Waals surface area contributed by atoms with E-state index in [1.54, 1.807) is 0 Å². The van der Waals surface area contributed by atoms with Crippen molar-refractivity contribution in [2.45, 2.75) is 69.9 Å². The van der Waals surface area contributed by atoms with Gasteiger partial charge in [-0.05, 0) is 50.4 Å². The van der Waals surface area contributed by atoms with Crippen molar-refractivity contribution in [3.05, 3.63) is 0 Å². The Bertz CT molecular complexity index is 443. The molecular weight excluding hydrogens is 266 g/mol. The first-order valence-electron chi connectivity index (χ1n) is 8.70. The van der Waals surface area contributed by atoms with Crippen LogP contribution in [0.2, 0.25) is 0 Å². The Morgan fingerprint density at radius 2 is 1.90 bits per heavy atom. The van der Waals surface area contributed by atoms with E-state index in [4.69, 9.17) is 4.74 Å². The van der Waals surface area contributed by atoms with E-state index in [2.05, 4.69) is 0 Å². The van der Waals surface area contributed by atoms with E-state index in [0.717, 1.165) is 25.2 Å². The Balaban J connectivity index is 1.34. The van der Waals surface area contributed by atoms with Gasteiger partial charge in [-0.1, -0.05) is 12.8 Å². The number of amides is 1. The van der Waals surface area contributed by atoms with Crippen LogP contribution < -0.4 is 0 Å². The molecule has 0 aromatic heterocycles. The summed E-state index contributed by atoms with van der Waals surface area (Å²) in [4.78, 5) is 26.5. The Kier molecular flexibility index (Phi) is 3.43. The smallest absolute Gasteiger partial charge is 0.311 e. The van der Waals surface area contributed by atoms with E-state index in [1.165, 1.54) is 32.1 Å². The first-order chi connectivity index (χ1) is 10.2. The van der Waals surface area contributed by atoms with Gasteiger partial charge in [0.15, 0.2) is 0 Å². The molecule has 0 unspecified atom stereocenters. The van der Waals surface area contributed by atoms with E-state index >= 15 is 0 Å². The summed E-state index contributed by atoms with van der Waals surface area (Å²) in [6, 6.07) is 0.387. The summed E-state index contributed by atoms with van der Waals surface area (Å²) >= 11 is 0. The van der Waals surface area contributed by atoms with Crippen molar-refractivity contribution in [1.82, 2.24) is 4.90 Å². The molecule has 21 heavy (non-hydrogen) atoms. The minimum Gasteiger partial charge on any atom is -0.462 e. The molecule has 1 saturated heterocycles. The van der Waals surface area contributed by atoms with E-state index < -0.39 is 0 Å². The lowest BCUT2D eigenvalue weighted by atomic mass is 9.97. The first-order valence-corrected chi connectivity index (χ1v) is 8.70. The lowest BCUT2D eigenvalue weighted by Gasteiger charge is -2.25. The molecule has 0 spiro atoms. The van der Waals surface area contributed by atoms with Gasteiger partial charge < -0.3 is 9.64 Å². The SMILES string of the molecule is O=C(O[C@@H]1C[C@H]2CC[C@H]1C2)[C@H]1CC(=O)N(C2CCCC2)C1. The number of ether oxygens (including phenoxy) is 1. The fraction of sp³-hybridized carbons (Fsp3) is 0.882. The van der Waals surface area contributed by atoms with Crippen molar-refractivity contribution in [2.24, 2.45) is 17.8 Å². The van der Waals surface area contributed by atoms with E-state index in [-0.39, 0.29) is 23.9 Å². The molecule has 0 aromatic rings. The Morgan fingerprint density at radius 3 is 2.57 bits per heavy atom. The molecule has 0 radical (unpaired) electrons. The van der Waals surface area contributed by atoms with Crippen molar-refractivity contribution in [3.8, 4) is 0 Å². The zero-order valence-electron chi connectivity index (χ0n) is 12.6. The van der Waals surface area contributed by atoms with Crippen LogP contribution in [0.5, 0.6) is 0 Å². The molecule has 1 heterocycles. The molecule has 116 valence electrons. The van der Waals surface area contributed by atoms with Crippen LogP contribution >= 0.6 is 0 Å². The quantitative estimate of drug-likeness (QED) is 0.751. The van der Waals surface area contributed by atoms with Crippen molar-refractivity contribution in [1.29, 1.82) is 0 Å². The number of carbonyl (C=O) groups is 2. The van der Waals surface area contributed by atoms with Crippen LogP contribution in [0.15, 0.2) is 0 Å². The topological polar surface area (TPSA) is 46.6 Å². The molecule has 3 aliphatic carbocycles. The molecule has 0 N–H and O–H groups in total. The van der Waals surface area contributed by atoms with E-state index in [9.17, 15) is 9.59 Å². The number of carbonyl (C=O) groups excluding carboxylic acids is 2. The number of fused-ring (bicyclic) bond motifs is 2. The minimum absolute atomic E-state index is 0.110. The molecule has 2 bridgehead atoms. The van der Waals surface area contributed by atoms with Crippen LogP contribution in [-0.2, 0) is 14.3 Å². The highest BCUT2D eigenvalue weighted by molar-refractivity contribution is 5.87. The van der Waals surface area contributed by atoms with Gasteiger partial charge in [-0.2, -0.15) is 0 Å². The molecule has 3 saturated carbocycles. The number of hydrogen-bond donors (Lipinski definition) is 0. The molecule has 4 fully saturated rings. The fourth-order valence-electron chi connectivity index (χ4n) is 5.03. The molecule has 4 atom stereocenters. The Hall–Kier alpha value is -1.06. The third-order valence-electron chi connectivity index (χ3n) is 6.20. The molecule has 1 aliphatic heterocycles.